The number of hydrogen-bond acceptors (Lipinski definition) is 3. The van der Waals surface area contributed by atoms with Gasteiger partial charge in [0.15, 0.2) is 0 Å². The highest BCUT2D eigenvalue weighted by Crippen LogP contribution is 2.24. The van der Waals surface area contributed by atoms with Gasteiger partial charge < -0.3 is 4.90 Å². The van der Waals surface area contributed by atoms with Gasteiger partial charge in [-0.05, 0) is 47.9 Å². The average Bonchev–Trinajstić information content (AvgIpc) is 2.77. The fourth-order valence-corrected chi connectivity index (χ4v) is 4.68. The van der Waals surface area contributed by atoms with Crippen molar-refractivity contribution in [2.75, 3.05) is 17.1 Å². The van der Waals surface area contributed by atoms with Crippen LogP contribution in [0.15, 0.2) is 72.8 Å². The van der Waals surface area contributed by atoms with Gasteiger partial charge in [0, 0.05) is 24.2 Å². The lowest BCUT2D eigenvalue weighted by molar-refractivity contribution is 0.0734. The van der Waals surface area contributed by atoms with E-state index in [-0.39, 0.29) is 18.0 Å². The van der Waals surface area contributed by atoms with Gasteiger partial charge in [-0.2, -0.15) is 0 Å². The highest BCUT2D eigenvalue weighted by Gasteiger charge is 2.23. The molecule has 0 aliphatic carbocycles. The fraction of sp³-hybridized carbons (Fsp3) is 0.208. The normalized spacial score (nSPS) is 13.5. The first-order chi connectivity index (χ1) is 14.8. The number of nitrogens with zero attached hydrogens (tertiary/aromatic N) is 2. The molecular weight excluding hydrogens is 415 g/mol. The maximum absolute atomic E-state index is 14.1. The third-order valence-electron chi connectivity index (χ3n) is 5.49. The number of amides is 1. The fourth-order valence-electron chi connectivity index (χ4n) is 3.80. The highest BCUT2D eigenvalue weighted by atomic mass is 32.2. The van der Waals surface area contributed by atoms with Crippen molar-refractivity contribution in [2.24, 2.45) is 0 Å². The number of anilines is 1. The van der Waals surface area contributed by atoms with Crippen molar-refractivity contribution in [1.29, 1.82) is 0 Å². The second-order valence-electron chi connectivity index (χ2n) is 7.65. The highest BCUT2D eigenvalue weighted by molar-refractivity contribution is 7.92. The summed E-state index contributed by atoms with van der Waals surface area (Å²) in [6, 6.07) is 20.6. The number of sulfonamides is 1. The van der Waals surface area contributed by atoms with Crippen LogP contribution in [0.3, 0.4) is 0 Å². The van der Waals surface area contributed by atoms with E-state index >= 15 is 0 Å². The lowest BCUT2D eigenvalue weighted by Crippen LogP contribution is -2.36. The lowest BCUT2D eigenvalue weighted by atomic mass is 9.99. The first-order valence-corrected chi connectivity index (χ1v) is 11.8. The Balaban J connectivity index is 1.55. The van der Waals surface area contributed by atoms with E-state index in [1.54, 1.807) is 47.4 Å². The number of halogens is 1. The maximum atomic E-state index is 14.1. The van der Waals surface area contributed by atoms with Gasteiger partial charge in [0.05, 0.1) is 18.5 Å². The Morgan fingerprint density at radius 1 is 0.968 bits per heavy atom. The number of fused-ring (bicyclic) bond motifs is 1. The molecular formula is C24H23FN2O3S. The van der Waals surface area contributed by atoms with Crippen LogP contribution in [-0.2, 0) is 29.5 Å². The van der Waals surface area contributed by atoms with E-state index in [0.717, 1.165) is 22.5 Å². The van der Waals surface area contributed by atoms with Crippen LogP contribution in [0.25, 0.3) is 0 Å². The van der Waals surface area contributed by atoms with Crippen molar-refractivity contribution in [3.05, 3.63) is 101 Å². The van der Waals surface area contributed by atoms with Crippen LogP contribution in [-0.4, -0.2) is 32.0 Å². The first-order valence-electron chi connectivity index (χ1n) is 10.00. The summed E-state index contributed by atoms with van der Waals surface area (Å²) in [5.74, 6) is -0.561. The molecule has 0 N–H and O–H groups in total. The third kappa shape index (κ3) is 4.61. The third-order valence-corrected chi connectivity index (χ3v) is 6.63. The molecule has 0 radical (unpaired) electrons. The number of carbonyl (C=O) groups is 1. The molecule has 0 fully saturated rings. The summed E-state index contributed by atoms with van der Waals surface area (Å²) >= 11 is 0. The summed E-state index contributed by atoms with van der Waals surface area (Å²) in [5, 5.41) is 0. The molecule has 0 aromatic heterocycles. The molecule has 0 spiro atoms. The number of rotatable bonds is 5. The minimum Gasteiger partial charge on any atom is -0.334 e. The SMILES string of the molecule is CS(=O)(=O)N(Cc1ccccc1F)c1ccc(C(=O)N2CCc3ccccc3C2)cc1. The molecule has 0 saturated heterocycles. The predicted octanol–water partition coefficient (Wildman–Crippen LogP) is 3.99. The zero-order chi connectivity index (χ0) is 22.0. The molecule has 0 bridgehead atoms. The molecule has 0 unspecified atom stereocenters. The Morgan fingerprint density at radius 2 is 1.61 bits per heavy atom. The Bertz CT molecular complexity index is 1210. The van der Waals surface area contributed by atoms with E-state index in [9.17, 15) is 17.6 Å². The summed E-state index contributed by atoms with van der Waals surface area (Å²) in [4.78, 5) is 14.8. The lowest BCUT2D eigenvalue weighted by Gasteiger charge is -2.29. The van der Waals surface area contributed by atoms with E-state index in [0.29, 0.717) is 24.3 Å². The smallest absolute Gasteiger partial charge is 0.254 e. The average molecular weight is 439 g/mol. The minimum absolute atomic E-state index is 0.0962. The quantitative estimate of drug-likeness (QED) is 0.605. The van der Waals surface area contributed by atoms with Crippen LogP contribution in [0.2, 0.25) is 0 Å². The second kappa shape index (κ2) is 8.51. The molecule has 1 amide bonds. The summed E-state index contributed by atoms with van der Waals surface area (Å²) in [6.07, 6.45) is 1.89. The maximum Gasteiger partial charge on any atom is 0.254 e. The van der Waals surface area contributed by atoms with Crippen molar-refractivity contribution in [3.63, 3.8) is 0 Å². The summed E-state index contributed by atoms with van der Waals surface area (Å²) < 4.78 is 39.9. The van der Waals surface area contributed by atoms with Crippen molar-refractivity contribution in [2.45, 2.75) is 19.5 Å². The van der Waals surface area contributed by atoms with Crippen LogP contribution in [0.1, 0.15) is 27.0 Å². The molecule has 7 heteroatoms. The number of benzene rings is 3. The zero-order valence-corrected chi connectivity index (χ0v) is 18.0. The van der Waals surface area contributed by atoms with Gasteiger partial charge in [0.1, 0.15) is 5.82 Å². The first kappa shape index (κ1) is 21.1. The van der Waals surface area contributed by atoms with Crippen molar-refractivity contribution >= 4 is 21.6 Å². The van der Waals surface area contributed by atoms with E-state index in [4.69, 9.17) is 0 Å². The molecule has 31 heavy (non-hydrogen) atoms. The van der Waals surface area contributed by atoms with Crippen molar-refractivity contribution in [1.82, 2.24) is 4.90 Å². The van der Waals surface area contributed by atoms with E-state index in [1.807, 2.05) is 18.2 Å². The summed E-state index contributed by atoms with van der Waals surface area (Å²) in [5.41, 5.74) is 3.56. The van der Waals surface area contributed by atoms with Gasteiger partial charge in [0.2, 0.25) is 10.0 Å². The van der Waals surface area contributed by atoms with Gasteiger partial charge in [0.25, 0.3) is 5.91 Å². The molecule has 1 aliphatic heterocycles. The Labute approximate surface area is 181 Å². The molecule has 1 heterocycles. The number of carbonyl (C=O) groups excluding carboxylic acids is 1. The van der Waals surface area contributed by atoms with Gasteiger partial charge in [-0.1, -0.05) is 42.5 Å². The van der Waals surface area contributed by atoms with Gasteiger partial charge in [-0.25, -0.2) is 12.8 Å². The van der Waals surface area contributed by atoms with Crippen LogP contribution < -0.4 is 4.31 Å². The topological polar surface area (TPSA) is 57.7 Å². The van der Waals surface area contributed by atoms with Crippen molar-refractivity contribution in [3.8, 4) is 0 Å². The predicted molar refractivity (Wildman–Crippen MR) is 119 cm³/mol. The Hall–Kier alpha value is -3.19. The van der Waals surface area contributed by atoms with Crippen molar-refractivity contribution < 1.29 is 17.6 Å². The molecule has 3 aromatic rings. The second-order valence-corrected chi connectivity index (χ2v) is 9.56. The van der Waals surface area contributed by atoms with Crippen LogP contribution in [0.4, 0.5) is 10.1 Å². The van der Waals surface area contributed by atoms with E-state index < -0.39 is 15.8 Å². The Kier molecular flexibility index (Phi) is 5.78. The molecule has 160 valence electrons. The van der Waals surface area contributed by atoms with Gasteiger partial charge in [-0.15, -0.1) is 0 Å². The molecule has 1 aliphatic rings. The molecule has 0 saturated carbocycles. The molecule has 5 nitrogen and oxygen atoms in total. The van der Waals surface area contributed by atoms with Crippen LogP contribution >= 0.6 is 0 Å². The van der Waals surface area contributed by atoms with Crippen LogP contribution in [0.5, 0.6) is 0 Å². The monoisotopic (exact) mass is 438 g/mol. The largest absolute Gasteiger partial charge is 0.334 e. The standard InChI is InChI=1S/C24H23FN2O3S/c1-31(29,30)27(17-21-8-4-5-9-23(21)25)22-12-10-19(11-13-22)24(28)26-15-14-18-6-2-3-7-20(18)16-26/h2-13H,14-17H2,1H3. The van der Waals surface area contributed by atoms with E-state index in [2.05, 4.69) is 6.07 Å². The minimum atomic E-state index is -3.65. The van der Waals surface area contributed by atoms with Crippen LogP contribution in [0, 0.1) is 5.82 Å². The van der Waals surface area contributed by atoms with E-state index in [1.165, 1.54) is 11.6 Å². The zero-order valence-electron chi connectivity index (χ0n) is 17.2. The molecule has 4 rings (SSSR count). The molecule has 0 atom stereocenters. The van der Waals surface area contributed by atoms with Gasteiger partial charge >= 0.3 is 0 Å². The Morgan fingerprint density at radius 3 is 2.29 bits per heavy atom. The number of hydrogen-bond donors (Lipinski definition) is 0. The summed E-state index contributed by atoms with van der Waals surface area (Å²) in [7, 11) is -3.65. The summed E-state index contributed by atoms with van der Waals surface area (Å²) in [6.45, 7) is 1.07. The van der Waals surface area contributed by atoms with Gasteiger partial charge in [-0.3, -0.25) is 9.10 Å². The molecule has 3 aromatic carbocycles.